The lowest BCUT2D eigenvalue weighted by Gasteiger charge is -2.58. The van der Waals surface area contributed by atoms with Gasteiger partial charge in [0.1, 0.15) is 18.8 Å². The molecule has 1 saturated heterocycles. The van der Waals surface area contributed by atoms with Crippen LogP contribution in [-0.2, 0) is 30.2 Å². The van der Waals surface area contributed by atoms with Gasteiger partial charge in [-0.1, -0.05) is 54.6 Å². The number of rotatable bonds is 12. The minimum absolute atomic E-state index is 0.0501. The molecule has 1 aromatic carbocycles. The van der Waals surface area contributed by atoms with Gasteiger partial charge in [-0.25, -0.2) is 0 Å². The Morgan fingerprint density at radius 1 is 1.00 bits per heavy atom. The van der Waals surface area contributed by atoms with Gasteiger partial charge in [0.05, 0.1) is 10.8 Å². The number of nitro groups is 1. The van der Waals surface area contributed by atoms with Crippen LogP contribution in [0.4, 0.5) is 5.69 Å². The maximum atomic E-state index is 13.4. The lowest BCUT2D eigenvalue weighted by molar-refractivity contribution is -0.384. The number of ketones is 1. The van der Waals surface area contributed by atoms with E-state index in [2.05, 4.69) is 67.7 Å². The lowest BCUT2D eigenvalue weighted by atomic mass is 9.84. The van der Waals surface area contributed by atoms with E-state index in [1.165, 1.54) is 24.3 Å². The van der Waals surface area contributed by atoms with Gasteiger partial charge in [-0.3, -0.25) is 24.5 Å². The Balaban J connectivity index is 2.05. The number of hydrogen-bond acceptors (Lipinski definition) is 7. The number of carbonyl (C=O) groups excluding carboxylic acids is 3. The third-order valence-corrected chi connectivity index (χ3v) is 18.8. The monoisotopic (exact) mass is 578 g/mol. The van der Waals surface area contributed by atoms with Gasteiger partial charge in [-0.15, -0.1) is 0 Å². The maximum absolute atomic E-state index is 13.4. The van der Waals surface area contributed by atoms with Crippen LogP contribution in [0.5, 0.6) is 0 Å². The Morgan fingerprint density at radius 2 is 1.56 bits per heavy atom. The lowest BCUT2D eigenvalue weighted by Crippen LogP contribution is -2.73. The topological polar surface area (TPSA) is 116 Å². The van der Waals surface area contributed by atoms with Crippen molar-refractivity contribution in [3.8, 4) is 0 Å². The maximum Gasteiger partial charge on any atom is 0.313 e. The van der Waals surface area contributed by atoms with E-state index in [-0.39, 0.29) is 58.9 Å². The zero-order chi connectivity index (χ0) is 30.0. The molecule has 1 aliphatic heterocycles. The second-order valence-corrected chi connectivity index (χ2v) is 23.5. The number of amides is 1. The van der Waals surface area contributed by atoms with Gasteiger partial charge < -0.3 is 13.7 Å². The fourth-order valence-electron chi connectivity index (χ4n) is 4.26. The molecule has 11 heteroatoms. The van der Waals surface area contributed by atoms with Crippen molar-refractivity contribution < 1.29 is 28.5 Å². The van der Waals surface area contributed by atoms with E-state index in [1.54, 1.807) is 0 Å². The average Bonchev–Trinajstić information content (AvgIpc) is 2.78. The van der Waals surface area contributed by atoms with Gasteiger partial charge in [0.2, 0.25) is 5.91 Å². The number of non-ortho nitro benzene ring substituents is 1. The third kappa shape index (κ3) is 7.85. The fraction of sp³-hybridized carbons (Fsp3) is 0.679. The fourth-order valence-corrected chi connectivity index (χ4v) is 7.86. The summed E-state index contributed by atoms with van der Waals surface area (Å²) in [6.07, 6.45) is 0.283. The summed E-state index contributed by atoms with van der Waals surface area (Å²) in [4.78, 5) is 49.1. The molecule has 1 aliphatic rings. The van der Waals surface area contributed by atoms with Gasteiger partial charge in [0, 0.05) is 31.2 Å². The minimum Gasteiger partial charge on any atom is -0.460 e. The number of benzene rings is 1. The molecular formula is C28H46N2O7Si2. The number of nitro benzene ring substituents is 1. The van der Waals surface area contributed by atoms with Crippen molar-refractivity contribution in [2.45, 2.75) is 110 Å². The van der Waals surface area contributed by atoms with Crippen molar-refractivity contribution >= 4 is 39.9 Å². The first-order valence-electron chi connectivity index (χ1n) is 13.6. The molecule has 0 N–H and O–H groups in total. The van der Waals surface area contributed by atoms with Crippen LogP contribution in [0, 0.1) is 16.0 Å². The first kappa shape index (κ1) is 32.8. The highest BCUT2D eigenvalue weighted by molar-refractivity contribution is 6.80. The van der Waals surface area contributed by atoms with E-state index in [9.17, 15) is 24.5 Å². The highest BCUT2D eigenvalue weighted by Crippen LogP contribution is 2.46. The van der Waals surface area contributed by atoms with Crippen LogP contribution in [0.3, 0.4) is 0 Å². The smallest absolute Gasteiger partial charge is 0.313 e. The van der Waals surface area contributed by atoms with Gasteiger partial charge in [0.25, 0.3) is 5.69 Å². The third-order valence-electron chi connectivity index (χ3n) is 8.81. The van der Waals surface area contributed by atoms with Gasteiger partial charge in [-0.2, -0.15) is 0 Å². The molecule has 2 rings (SSSR count). The largest absolute Gasteiger partial charge is 0.460 e. The highest BCUT2D eigenvalue weighted by Gasteiger charge is 2.57. The molecule has 218 valence electrons. The molecule has 0 bridgehead atoms. The number of ether oxygens (including phenoxy) is 1. The summed E-state index contributed by atoms with van der Waals surface area (Å²) in [6, 6.07) is 5.46. The molecule has 0 saturated carbocycles. The number of esters is 1. The first-order valence-corrected chi connectivity index (χ1v) is 19.4. The normalized spacial score (nSPS) is 18.5. The number of β-lactam (4-membered cyclic amide) rings is 1. The Kier molecular flexibility index (Phi) is 10.1. The molecule has 39 heavy (non-hydrogen) atoms. The molecule has 1 fully saturated rings. The average molecular weight is 579 g/mol. The predicted molar refractivity (Wildman–Crippen MR) is 156 cm³/mol. The van der Waals surface area contributed by atoms with E-state index >= 15 is 0 Å². The van der Waals surface area contributed by atoms with Crippen LogP contribution < -0.4 is 0 Å². The van der Waals surface area contributed by atoms with Crippen molar-refractivity contribution in [2.24, 2.45) is 5.92 Å². The van der Waals surface area contributed by atoms with Crippen molar-refractivity contribution in [2.75, 3.05) is 6.61 Å². The molecular weight excluding hydrogens is 532 g/mol. The Bertz CT molecular complexity index is 1070. The molecule has 0 spiro atoms. The Hall–Kier alpha value is -2.38. The summed E-state index contributed by atoms with van der Waals surface area (Å²) >= 11 is 0. The van der Waals surface area contributed by atoms with Crippen LogP contribution in [0.2, 0.25) is 36.3 Å². The quantitative estimate of drug-likeness (QED) is 0.0720. The highest BCUT2D eigenvalue weighted by atomic mass is 28.4. The molecule has 1 amide bonds. The van der Waals surface area contributed by atoms with E-state index in [0.717, 1.165) is 0 Å². The van der Waals surface area contributed by atoms with Crippen LogP contribution in [0.25, 0.3) is 0 Å². The summed E-state index contributed by atoms with van der Waals surface area (Å²) < 4.78 is 13.5. The second-order valence-electron chi connectivity index (χ2n) is 13.6. The summed E-state index contributed by atoms with van der Waals surface area (Å²) in [5, 5.41) is 10.8. The van der Waals surface area contributed by atoms with Gasteiger partial charge in [0.15, 0.2) is 16.6 Å². The number of nitrogens with zero attached hydrogens (tertiary/aromatic N) is 2. The van der Waals surface area contributed by atoms with Gasteiger partial charge in [-0.05, 0) is 47.3 Å². The van der Waals surface area contributed by atoms with E-state index < -0.39 is 27.4 Å². The van der Waals surface area contributed by atoms with Gasteiger partial charge >= 0.3 is 5.97 Å². The van der Waals surface area contributed by atoms with E-state index in [4.69, 9.17) is 9.16 Å². The summed E-state index contributed by atoms with van der Waals surface area (Å²) in [5.41, 5.74) is 0.544. The minimum atomic E-state index is -2.24. The van der Waals surface area contributed by atoms with Crippen molar-refractivity contribution in [1.29, 1.82) is 0 Å². The molecule has 1 aromatic rings. The molecule has 0 aromatic heterocycles. The van der Waals surface area contributed by atoms with Crippen molar-refractivity contribution in [1.82, 2.24) is 4.57 Å². The summed E-state index contributed by atoms with van der Waals surface area (Å²) in [5.74, 6) is -1.14. The summed E-state index contributed by atoms with van der Waals surface area (Å²) in [6.45, 7) is 22.0. The molecule has 0 radical (unpaired) electrons. The molecule has 1 heterocycles. The predicted octanol–water partition coefficient (Wildman–Crippen LogP) is 6.23. The number of Topliss-reactive ketones (excluding diaryl/α,β-unsaturated/α-hetero) is 1. The Labute approximate surface area is 235 Å². The van der Waals surface area contributed by atoms with E-state index in [1.807, 2.05) is 4.57 Å². The molecule has 0 aliphatic carbocycles. The van der Waals surface area contributed by atoms with Crippen LogP contribution in [0.1, 0.15) is 66.4 Å². The van der Waals surface area contributed by atoms with Crippen LogP contribution in [0.15, 0.2) is 24.3 Å². The molecule has 9 nitrogen and oxygen atoms in total. The van der Waals surface area contributed by atoms with Crippen molar-refractivity contribution in [3.05, 3.63) is 39.9 Å². The molecule has 2 atom stereocenters. The SMILES string of the molecule is CC(C)(C)[Si](C)(C)OCC[C@@H]1C(=O)N([Si](C)(C)C(C)(C)C)[C@@H]1CC(=O)CC(=O)OCc1ccc([N+](=O)[O-])cc1. The van der Waals surface area contributed by atoms with Crippen LogP contribution >= 0.6 is 0 Å². The van der Waals surface area contributed by atoms with Crippen molar-refractivity contribution in [3.63, 3.8) is 0 Å². The number of carbonyl (C=O) groups is 3. The Morgan fingerprint density at radius 3 is 2.05 bits per heavy atom. The summed E-state index contributed by atoms with van der Waals surface area (Å²) in [7, 11) is -4.20. The number of hydrogen-bond donors (Lipinski definition) is 0. The van der Waals surface area contributed by atoms with Crippen LogP contribution in [-0.4, -0.2) is 56.4 Å². The zero-order valence-corrected chi connectivity index (χ0v) is 27.3. The first-order chi connectivity index (χ1) is 17.7. The van der Waals surface area contributed by atoms with E-state index in [0.29, 0.717) is 18.6 Å². The second kappa shape index (κ2) is 12.0. The molecule has 0 unspecified atom stereocenters. The zero-order valence-electron chi connectivity index (χ0n) is 25.3. The standard InChI is InChI=1S/C28H46N2O7Si2/c1-27(2,3)38(7,8)29-24(23(26(29)33)15-16-37-39(9,10)28(4,5)6)17-22(31)18-25(32)36-19-20-11-13-21(14-12-20)30(34)35/h11-14,23-24H,15-19H2,1-10H3/t23-,24+/m0/s1.